The fourth-order valence-corrected chi connectivity index (χ4v) is 2.05. The number of rotatable bonds is 2. The summed E-state index contributed by atoms with van der Waals surface area (Å²) in [6.07, 6.45) is 1.35. The van der Waals surface area contributed by atoms with Crippen molar-refractivity contribution >= 4 is 28.5 Å². The van der Waals surface area contributed by atoms with Crippen molar-refractivity contribution in [2.45, 2.75) is 6.92 Å². The number of aryl methyl sites for hydroxylation is 1. The van der Waals surface area contributed by atoms with Gasteiger partial charge in [0.25, 0.3) is 0 Å². The van der Waals surface area contributed by atoms with E-state index in [9.17, 15) is 4.79 Å². The summed E-state index contributed by atoms with van der Waals surface area (Å²) in [7, 11) is 0. The van der Waals surface area contributed by atoms with Gasteiger partial charge in [-0.2, -0.15) is 4.98 Å². The highest BCUT2D eigenvalue weighted by atomic mass is 35.5. The van der Waals surface area contributed by atoms with Gasteiger partial charge in [0, 0.05) is 17.5 Å². The van der Waals surface area contributed by atoms with Gasteiger partial charge in [0.2, 0.25) is 11.8 Å². The minimum absolute atomic E-state index is 0.0533. The van der Waals surface area contributed by atoms with Crippen LogP contribution in [0.2, 0.25) is 5.02 Å². The van der Waals surface area contributed by atoms with Gasteiger partial charge in [-0.05, 0) is 24.6 Å². The summed E-state index contributed by atoms with van der Waals surface area (Å²) in [5.74, 6) is 0.618. The van der Waals surface area contributed by atoms with Gasteiger partial charge in [-0.15, -0.1) is 0 Å². The van der Waals surface area contributed by atoms with Gasteiger partial charge in [0.1, 0.15) is 16.4 Å². The van der Waals surface area contributed by atoms with E-state index in [4.69, 9.17) is 26.5 Å². The van der Waals surface area contributed by atoms with Crippen LogP contribution in [-0.4, -0.2) is 9.97 Å². The molecule has 0 aliphatic carbocycles. The topological polar surface area (TPSA) is 91.2 Å². The van der Waals surface area contributed by atoms with E-state index in [0.717, 1.165) is 10.9 Å². The molecule has 0 spiro atoms. The molecule has 3 aromatic rings. The second-order valence-corrected chi connectivity index (χ2v) is 4.80. The molecule has 0 aliphatic heterocycles. The maximum Gasteiger partial charge on any atom is 0.336 e. The molecule has 0 fully saturated rings. The second-order valence-electron chi connectivity index (χ2n) is 4.39. The normalized spacial score (nSPS) is 10.8. The van der Waals surface area contributed by atoms with Gasteiger partial charge in [0.15, 0.2) is 0 Å². The van der Waals surface area contributed by atoms with Crippen LogP contribution in [0.25, 0.3) is 11.0 Å². The molecule has 6 nitrogen and oxygen atoms in total. The molecular weight excluding hydrogens is 294 g/mol. The molecule has 21 heavy (non-hydrogen) atoms. The molecule has 7 heteroatoms. The van der Waals surface area contributed by atoms with E-state index < -0.39 is 5.63 Å². The smallest absolute Gasteiger partial charge is 0.336 e. The van der Waals surface area contributed by atoms with Crippen molar-refractivity contribution in [3.63, 3.8) is 0 Å². The fourth-order valence-electron chi connectivity index (χ4n) is 1.92. The molecule has 1 aromatic carbocycles. The van der Waals surface area contributed by atoms with Crippen LogP contribution in [0.1, 0.15) is 5.56 Å². The molecular formula is C14H10ClN3O3. The first kappa shape index (κ1) is 13.4. The molecule has 0 atom stereocenters. The molecule has 2 aromatic heterocycles. The van der Waals surface area contributed by atoms with Gasteiger partial charge >= 0.3 is 5.63 Å². The minimum atomic E-state index is -0.415. The summed E-state index contributed by atoms with van der Waals surface area (Å²) >= 11 is 5.94. The lowest BCUT2D eigenvalue weighted by Crippen LogP contribution is -1.99. The lowest BCUT2D eigenvalue weighted by atomic mass is 10.1. The lowest BCUT2D eigenvalue weighted by Gasteiger charge is -2.07. The number of benzene rings is 1. The molecule has 0 radical (unpaired) electrons. The first-order chi connectivity index (χ1) is 10.0. The van der Waals surface area contributed by atoms with E-state index in [1.807, 2.05) is 6.92 Å². The highest BCUT2D eigenvalue weighted by Gasteiger charge is 2.09. The Kier molecular flexibility index (Phi) is 3.23. The number of hydrogen-bond acceptors (Lipinski definition) is 6. The van der Waals surface area contributed by atoms with Crippen LogP contribution in [-0.2, 0) is 0 Å². The van der Waals surface area contributed by atoms with Crippen molar-refractivity contribution in [1.82, 2.24) is 9.97 Å². The Labute approximate surface area is 124 Å². The number of nitrogen functional groups attached to an aromatic ring is 1. The second kappa shape index (κ2) is 5.06. The van der Waals surface area contributed by atoms with Gasteiger partial charge < -0.3 is 14.9 Å². The highest BCUT2D eigenvalue weighted by Crippen LogP contribution is 2.29. The average Bonchev–Trinajstić information content (AvgIpc) is 2.42. The lowest BCUT2D eigenvalue weighted by molar-refractivity contribution is 0.461. The predicted octanol–water partition coefficient (Wildman–Crippen LogP) is 2.92. The summed E-state index contributed by atoms with van der Waals surface area (Å²) in [5.41, 5.74) is 6.33. The van der Waals surface area contributed by atoms with Crippen LogP contribution in [0.4, 0.5) is 5.95 Å². The maximum atomic E-state index is 11.4. The zero-order valence-electron chi connectivity index (χ0n) is 11.0. The molecule has 0 unspecified atom stereocenters. The third kappa shape index (κ3) is 2.66. The first-order valence-corrected chi connectivity index (χ1v) is 6.41. The molecule has 0 amide bonds. The molecule has 106 valence electrons. The van der Waals surface area contributed by atoms with Gasteiger partial charge in [-0.3, -0.25) is 0 Å². The predicted molar refractivity (Wildman–Crippen MR) is 78.7 cm³/mol. The van der Waals surface area contributed by atoms with Gasteiger partial charge in [-0.25, -0.2) is 9.78 Å². The van der Waals surface area contributed by atoms with Crippen molar-refractivity contribution in [2.24, 2.45) is 0 Å². The van der Waals surface area contributed by atoms with E-state index >= 15 is 0 Å². The summed E-state index contributed by atoms with van der Waals surface area (Å²) in [5, 5.41) is 1.06. The van der Waals surface area contributed by atoms with Crippen molar-refractivity contribution in [2.75, 3.05) is 5.73 Å². The quantitative estimate of drug-likeness (QED) is 0.732. The zero-order chi connectivity index (χ0) is 15.0. The summed E-state index contributed by atoms with van der Waals surface area (Å²) < 4.78 is 10.7. The first-order valence-electron chi connectivity index (χ1n) is 6.03. The molecule has 0 saturated heterocycles. The fraction of sp³-hybridized carbons (Fsp3) is 0.0714. The number of ether oxygens (including phenoxy) is 1. The SMILES string of the molecule is Cc1cc(=O)oc2cc(Oc3nc(N)ncc3Cl)ccc12. The Balaban J connectivity index is 2.05. The average molecular weight is 304 g/mol. The van der Waals surface area contributed by atoms with Crippen molar-refractivity contribution in [3.05, 3.63) is 51.5 Å². The number of halogens is 1. The third-order valence-corrected chi connectivity index (χ3v) is 3.13. The van der Waals surface area contributed by atoms with Crippen LogP contribution < -0.4 is 16.1 Å². The Morgan fingerprint density at radius 2 is 2.14 bits per heavy atom. The number of nitrogens with zero attached hydrogens (tertiary/aromatic N) is 2. The summed E-state index contributed by atoms with van der Waals surface area (Å²) in [4.78, 5) is 19.1. The molecule has 2 N–H and O–H groups in total. The molecule has 0 saturated carbocycles. The number of fused-ring (bicyclic) bond motifs is 1. The molecule has 0 aliphatic rings. The van der Waals surface area contributed by atoms with E-state index in [1.54, 1.807) is 18.2 Å². The highest BCUT2D eigenvalue weighted by molar-refractivity contribution is 6.31. The van der Waals surface area contributed by atoms with Crippen LogP contribution >= 0.6 is 11.6 Å². The summed E-state index contributed by atoms with van der Waals surface area (Å²) in [6, 6.07) is 6.55. The number of anilines is 1. The van der Waals surface area contributed by atoms with Crippen LogP contribution in [0.5, 0.6) is 11.6 Å². The zero-order valence-corrected chi connectivity index (χ0v) is 11.7. The Morgan fingerprint density at radius 1 is 1.33 bits per heavy atom. The van der Waals surface area contributed by atoms with Gasteiger partial charge in [0.05, 0.1) is 6.20 Å². The summed E-state index contributed by atoms with van der Waals surface area (Å²) in [6.45, 7) is 1.84. The van der Waals surface area contributed by atoms with E-state index in [1.165, 1.54) is 12.3 Å². The van der Waals surface area contributed by atoms with Crippen molar-refractivity contribution < 1.29 is 9.15 Å². The molecule has 0 bridgehead atoms. The van der Waals surface area contributed by atoms with Crippen LogP contribution in [0.15, 0.2) is 39.7 Å². The van der Waals surface area contributed by atoms with Crippen LogP contribution in [0.3, 0.4) is 0 Å². The largest absolute Gasteiger partial charge is 0.437 e. The van der Waals surface area contributed by atoms with Crippen LogP contribution in [0, 0.1) is 6.92 Å². The molecule has 2 heterocycles. The van der Waals surface area contributed by atoms with Crippen molar-refractivity contribution in [1.29, 1.82) is 0 Å². The Morgan fingerprint density at radius 3 is 2.95 bits per heavy atom. The van der Waals surface area contributed by atoms with Crippen molar-refractivity contribution in [3.8, 4) is 11.6 Å². The Hall–Kier alpha value is -2.60. The molecule has 3 rings (SSSR count). The van der Waals surface area contributed by atoms with Gasteiger partial charge in [-0.1, -0.05) is 11.6 Å². The van der Waals surface area contributed by atoms with E-state index in [-0.39, 0.29) is 16.9 Å². The number of aromatic nitrogens is 2. The standard InChI is InChI=1S/C14H10ClN3O3/c1-7-4-12(19)21-11-5-8(2-3-9(7)11)20-13-10(15)6-17-14(16)18-13/h2-6H,1H3,(H2,16,17,18). The maximum absolute atomic E-state index is 11.4. The number of hydrogen-bond donors (Lipinski definition) is 1. The van der Waals surface area contributed by atoms with E-state index in [0.29, 0.717) is 11.3 Å². The number of nitrogens with two attached hydrogens (primary N) is 1. The monoisotopic (exact) mass is 303 g/mol. The third-order valence-electron chi connectivity index (χ3n) is 2.87. The van der Waals surface area contributed by atoms with E-state index in [2.05, 4.69) is 9.97 Å². The Bertz CT molecular complexity index is 892. The minimum Gasteiger partial charge on any atom is -0.437 e.